The maximum absolute atomic E-state index is 12.6. The molecule has 0 saturated carbocycles. The summed E-state index contributed by atoms with van der Waals surface area (Å²) in [7, 11) is 0. The second kappa shape index (κ2) is 8.66. The third-order valence-electron chi connectivity index (χ3n) is 5.09. The summed E-state index contributed by atoms with van der Waals surface area (Å²) in [5.74, 6) is 0.771. The van der Waals surface area contributed by atoms with Crippen LogP contribution in [-0.2, 0) is 9.53 Å². The molecule has 0 aliphatic carbocycles. The summed E-state index contributed by atoms with van der Waals surface area (Å²) < 4.78 is 5.30. The highest BCUT2D eigenvalue weighted by atomic mass is 35.5. The maximum Gasteiger partial charge on any atom is 0.255 e. The number of carbonyl (C=O) groups is 2. The average molecular weight is 409 g/mol. The standard InChI is InChI=1S/C20H29ClN4O3/c1-20(2,3)19(27)25-6-4-5-23(7-8-25)17-16(21)13-15(14-22-17)18(26)24-9-11-28-12-10-24/h13-14H,4-12H2,1-3H3. The van der Waals surface area contributed by atoms with Crippen LogP contribution in [0.4, 0.5) is 5.82 Å². The summed E-state index contributed by atoms with van der Waals surface area (Å²) in [6.45, 7) is 10.9. The Bertz CT molecular complexity index is 729. The van der Waals surface area contributed by atoms with Crippen LogP contribution < -0.4 is 4.90 Å². The minimum absolute atomic E-state index is 0.0675. The first-order valence-corrected chi connectivity index (χ1v) is 10.2. The van der Waals surface area contributed by atoms with E-state index in [1.54, 1.807) is 17.2 Å². The zero-order chi connectivity index (χ0) is 20.3. The van der Waals surface area contributed by atoms with Crippen LogP contribution in [0.15, 0.2) is 12.3 Å². The molecule has 28 heavy (non-hydrogen) atoms. The quantitative estimate of drug-likeness (QED) is 0.751. The van der Waals surface area contributed by atoms with Gasteiger partial charge in [0.2, 0.25) is 5.91 Å². The molecule has 2 fully saturated rings. The fraction of sp³-hybridized carbons (Fsp3) is 0.650. The van der Waals surface area contributed by atoms with Crippen molar-refractivity contribution in [1.29, 1.82) is 0 Å². The summed E-state index contributed by atoms with van der Waals surface area (Å²) in [6.07, 6.45) is 2.45. The molecule has 154 valence electrons. The first-order chi connectivity index (χ1) is 13.3. The van der Waals surface area contributed by atoms with Crippen molar-refractivity contribution in [3.63, 3.8) is 0 Å². The van der Waals surface area contributed by atoms with Gasteiger partial charge in [0.25, 0.3) is 5.91 Å². The summed E-state index contributed by atoms with van der Waals surface area (Å²) >= 11 is 6.49. The van der Waals surface area contributed by atoms with E-state index in [1.807, 2.05) is 25.7 Å². The van der Waals surface area contributed by atoms with Gasteiger partial charge in [0.05, 0.1) is 23.8 Å². The Kier molecular flexibility index (Phi) is 6.45. The molecule has 2 saturated heterocycles. The van der Waals surface area contributed by atoms with Gasteiger partial charge in [0.1, 0.15) is 5.82 Å². The molecular formula is C20H29ClN4O3. The Labute approximate surface area is 171 Å². The molecule has 0 radical (unpaired) electrons. The van der Waals surface area contributed by atoms with Gasteiger partial charge in [-0.25, -0.2) is 4.98 Å². The van der Waals surface area contributed by atoms with Crippen LogP contribution in [0.5, 0.6) is 0 Å². The minimum atomic E-state index is -0.382. The van der Waals surface area contributed by atoms with E-state index in [-0.39, 0.29) is 17.2 Å². The minimum Gasteiger partial charge on any atom is -0.378 e. The molecule has 2 aliphatic heterocycles. The van der Waals surface area contributed by atoms with Gasteiger partial charge < -0.3 is 19.4 Å². The predicted molar refractivity (Wildman–Crippen MR) is 109 cm³/mol. The Balaban J connectivity index is 1.68. The van der Waals surface area contributed by atoms with Crippen LogP contribution >= 0.6 is 11.6 Å². The second-order valence-electron chi connectivity index (χ2n) is 8.32. The second-order valence-corrected chi connectivity index (χ2v) is 8.72. The molecule has 7 nitrogen and oxygen atoms in total. The highest BCUT2D eigenvalue weighted by molar-refractivity contribution is 6.33. The van der Waals surface area contributed by atoms with Gasteiger partial charge in [-0.1, -0.05) is 32.4 Å². The Hall–Kier alpha value is -1.86. The molecule has 2 amide bonds. The zero-order valence-corrected chi connectivity index (χ0v) is 17.7. The van der Waals surface area contributed by atoms with Crippen LogP contribution in [0.25, 0.3) is 0 Å². The SMILES string of the molecule is CC(C)(C)C(=O)N1CCCN(c2ncc(C(=O)N3CCOCC3)cc2Cl)CC1. The molecule has 1 aromatic rings. The van der Waals surface area contributed by atoms with Crippen molar-refractivity contribution in [2.75, 3.05) is 57.4 Å². The molecule has 0 unspecified atom stereocenters. The van der Waals surface area contributed by atoms with Gasteiger partial charge in [0.15, 0.2) is 0 Å². The molecule has 0 spiro atoms. The van der Waals surface area contributed by atoms with E-state index in [0.29, 0.717) is 55.8 Å². The van der Waals surface area contributed by atoms with Crippen LogP contribution in [0.1, 0.15) is 37.6 Å². The van der Waals surface area contributed by atoms with E-state index in [4.69, 9.17) is 16.3 Å². The van der Waals surface area contributed by atoms with Crippen LogP contribution in [0.2, 0.25) is 5.02 Å². The summed E-state index contributed by atoms with van der Waals surface area (Å²) in [5, 5.41) is 0.467. The molecular weight excluding hydrogens is 380 g/mol. The molecule has 3 heterocycles. The number of aromatic nitrogens is 1. The highest BCUT2D eigenvalue weighted by Gasteiger charge is 2.29. The topological polar surface area (TPSA) is 66.0 Å². The molecule has 8 heteroatoms. The van der Waals surface area contributed by atoms with Crippen molar-refractivity contribution >= 4 is 29.2 Å². The number of amides is 2. The monoisotopic (exact) mass is 408 g/mol. The van der Waals surface area contributed by atoms with Crippen molar-refractivity contribution < 1.29 is 14.3 Å². The lowest BCUT2D eigenvalue weighted by Gasteiger charge is -2.29. The van der Waals surface area contributed by atoms with Gasteiger partial charge in [-0.3, -0.25) is 9.59 Å². The highest BCUT2D eigenvalue weighted by Crippen LogP contribution is 2.27. The van der Waals surface area contributed by atoms with E-state index >= 15 is 0 Å². The van der Waals surface area contributed by atoms with E-state index < -0.39 is 0 Å². The van der Waals surface area contributed by atoms with E-state index in [9.17, 15) is 9.59 Å². The van der Waals surface area contributed by atoms with E-state index in [2.05, 4.69) is 9.88 Å². The number of hydrogen-bond donors (Lipinski definition) is 0. The first-order valence-electron chi connectivity index (χ1n) is 9.84. The van der Waals surface area contributed by atoms with Crippen LogP contribution in [0, 0.1) is 5.41 Å². The molecule has 0 N–H and O–H groups in total. The molecule has 0 bridgehead atoms. The number of rotatable bonds is 2. The maximum atomic E-state index is 12.6. The normalized spacial score (nSPS) is 18.8. The Morgan fingerprint density at radius 1 is 1.04 bits per heavy atom. The number of carbonyl (C=O) groups excluding carboxylic acids is 2. The Morgan fingerprint density at radius 3 is 2.39 bits per heavy atom. The van der Waals surface area contributed by atoms with Crippen molar-refractivity contribution in [1.82, 2.24) is 14.8 Å². The third kappa shape index (κ3) is 4.75. The molecule has 0 aromatic carbocycles. The molecule has 0 atom stereocenters. The predicted octanol–water partition coefficient (Wildman–Crippen LogP) is 2.29. The lowest BCUT2D eigenvalue weighted by atomic mass is 9.94. The molecule has 3 rings (SSSR count). The summed E-state index contributed by atoms with van der Waals surface area (Å²) in [4.78, 5) is 35.5. The van der Waals surface area contributed by atoms with Gasteiger partial charge >= 0.3 is 0 Å². The third-order valence-corrected chi connectivity index (χ3v) is 5.37. The first kappa shape index (κ1) is 20.9. The smallest absolute Gasteiger partial charge is 0.255 e. The number of pyridine rings is 1. The van der Waals surface area contributed by atoms with Crippen molar-refractivity contribution in [3.8, 4) is 0 Å². The lowest BCUT2D eigenvalue weighted by molar-refractivity contribution is -0.139. The van der Waals surface area contributed by atoms with Crippen molar-refractivity contribution in [2.24, 2.45) is 5.41 Å². The van der Waals surface area contributed by atoms with Gasteiger partial charge in [-0.15, -0.1) is 0 Å². The Morgan fingerprint density at radius 2 is 1.75 bits per heavy atom. The van der Waals surface area contributed by atoms with Crippen molar-refractivity contribution in [2.45, 2.75) is 27.2 Å². The molecule has 2 aliphatic rings. The number of morpholine rings is 1. The number of ether oxygens (including phenoxy) is 1. The average Bonchev–Trinajstić information content (AvgIpc) is 2.92. The summed E-state index contributed by atoms with van der Waals surface area (Å²) in [5.41, 5.74) is 0.113. The zero-order valence-electron chi connectivity index (χ0n) is 16.9. The van der Waals surface area contributed by atoms with Gasteiger partial charge in [-0.2, -0.15) is 0 Å². The van der Waals surface area contributed by atoms with E-state index in [1.165, 1.54) is 0 Å². The fourth-order valence-electron chi connectivity index (χ4n) is 3.54. The van der Waals surface area contributed by atoms with Gasteiger partial charge in [-0.05, 0) is 12.5 Å². The van der Waals surface area contributed by atoms with Gasteiger partial charge in [0, 0.05) is 50.9 Å². The van der Waals surface area contributed by atoms with Crippen molar-refractivity contribution in [3.05, 3.63) is 22.8 Å². The number of hydrogen-bond acceptors (Lipinski definition) is 5. The molecule has 1 aromatic heterocycles. The van der Waals surface area contributed by atoms with E-state index in [0.717, 1.165) is 19.5 Å². The van der Waals surface area contributed by atoms with Crippen LogP contribution in [-0.4, -0.2) is 79.1 Å². The number of anilines is 1. The lowest BCUT2D eigenvalue weighted by Crippen LogP contribution is -2.41. The number of halogens is 1. The van der Waals surface area contributed by atoms with Crippen LogP contribution in [0.3, 0.4) is 0 Å². The summed E-state index contributed by atoms with van der Waals surface area (Å²) in [6, 6.07) is 1.70. The number of nitrogens with zero attached hydrogens (tertiary/aromatic N) is 4. The fourth-order valence-corrected chi connectivity index (χ4v) is 3.82. The largest absolute Gasteiger partial charge is 0.378 e.